The highest BCUT2D eigenvalue weighted by Crippen LogP contribution is 2.28. The van der Waals surface area contributed by atoms with Crippen molar-refractivity contribution in [3.05, 3.63) is 71.3 Å². The third-order valence-electron chi connectivity index (χ3n) is 3.72. The highest BCUT2D eigenvalue weighted by atomic mass is 16.2. The van der Waals surface area contributed by atoms with Gasteiger partial charge in [-0.25, -0.2) is 9.80 Å². The smallest absolute Gasteiger partial charge is 0.335 e. The summed E-state index contributed by atoms with van der Waals surface area (Å²) in [5.41, 5.74) is 9.63. The minimum atomic E-state index is -0.516. The van der Waals surface area contributed by atoms with E-state index in [2.05, 4.69) is 17.2 Å². The fourth-order valence-corrected chi connectivity index (χ4v) is 2.57. The first-order valence-electron chi connectivity index (χ1n) is 6.92. The van der Waals surface area contributed by atoms with Crippen molar-refractivity contribution in [3.63, 3.8) is 0 Å². The molecule has 2 aromatic carbocycles. The largest absolute Gasteiger partial charge is 0.350 e. The molecule has 1 atom stereocenters. The predicted octanol–water partition coefficient (Wildman–Crippen LogP) is 2.88. The van der Waals surface area contributed by atoms with Crippen molar-refractivity contribution in [2.24, 2.45) is 10.8 Å². The Hall–Kier alpha value is -2.62. The minimum absolute atomic E-state index is 0.0569. The SMILES string of the molecule is Cc1ccc(C2=NN(C(N)=O)CC2c2ccccc2)cc1. The number of aryl methyl sites for hydroxylation is 1. The molecule has 0 aliphatic carbocycles. The maximum Gasteiger partial charge on any atom is 0.335 e. The van der Waals surface area contributed by atoms with Crippen molar-refractivity contribution >= 4 is 11.7 Å². The molecule has 0 aromatic heterocycles. The van der Waals surface area contributed by atoms with E-state index in [1.807, 2.05) is 49.4 Å². The van der Waals surface area contributed by atoms with Crippen molar-refractivity contribution < 1.29 is 4.79 Å². The summed E-state index contributed by atoms with van der Waals surface area (Å²) in [7, 11) is 0. The Morgan fingerprint density at radius 1 is 1.14 bits per heavy atom. The number of carbonyl (C=O) groups is 1. The number of hydrogen-bond donors (Lipinski definition) is 1. The summed E-state index contributed by atoms with van der Waals surface area (Å²) in [5.74, 6) is 0.0569. The molecule has 0 saturated heterocycles. The highest BCUT2D eigenvalue weighted by molar-refractivity contribution is 6.07. The standard InChI is InChI=1S/C17H17N3O/c1-12-7-9-14(10-8-12)16-15(11-20(19-16)17(18)21)13-5-3-2-4-6-13/h2-10,15H,11H2,1H3,(H2,18,21). The van der Waals surface area contributed by atoms with Crippen molar-refractivity contribution in [2.75, 3.05) is 6.54 Å². The molecule has 2 N–H and O–H groups in total. The van der Waals surface area contributed by atoms with Crippen LogP contribution in [0.1, 0.15) is 22.6 Å². The van der Waals surface area contributed by atoms with E-state index in [-0.39, 0.29) is 5.92 Å². The molecule has 1 heterocycles. The second kappa shape index (κ2) is 5.40. The first-order valence-corrected chi connectivity index (χ1v) is 6.92. The first-order chi connectivity index (χ1) is 10.1. The van der Waals surface area contributed by atoms with Crippen molar-refractivity contribution in [1.82, 2.24) is 5.01 Å². The Bertz CT molecular complexity index is 677. The van der Waals surface area contributed by atoms with Gasteiger partial charge in [0.15, 0.2) is 0 Å². The molecular formula is C17H17N3O. The highest BCUT2D eigenvalue weighted by Gasteiger charge is 2.31. The van der Waals surface area contributed by atoms with Crippen LogP contribution in [0.2, 0.25) is 0 Å². The topological polar surface area (TPSA) is 58.7 Å². The average Bonchev–Trinajstić information content (AvgIpc) is 2.94. The molecule has 0 bridgehead atoms. The first kappa shape index (κ1) is 13.4. The van der Waals surface area contributed by atoms with Crippen LogP contribution in [0.15, 0.2) is 59.7 Å². The lowest BCUT2D eigenvalue weighted by molar-refractivity contribution is 0.214. The fraction of sp³-hybridized carbons (Fsp3) is 0.176. The van der Waals surface area contributed by atoms with E-state index < -0.39 is 6.03 Å². The van der Waals surface area contributed by atoms with Gasteiger partial charge in [-0.2, -0.15) is 5.10 Å². The van der Waals surface area contributed by atoms with Crippen LogP contribution in [-0.4, -0.2) is 23.3 Å². The number of amides is 2. The van der Waals surface area contributed by atoms with Gasteiger partial charge in [0.25, 0.3) is 0 Å². The van der Waals surface area contributed by atoms with E-state index >= 15 is 0 Å². The molecule has 1 unspecified atom stereocenters. The van der Waals surface area contributed by atoms with Gasteiger partial charge in [0.2, 0.25) is 0 Å². The molecule has 2 aromatic rings. The Morgan fingerprint density at radius 2 is 1.81 bits per heavy atom. The summed E-state index contributed by atoms with van der Waals surface area (Å²) in [6, 6.07) is 17.7. The molecule has 106 valence electrons. The molecule has 0 fully saturated rings. The van der Waals surface area contributed by atoms with Crippen LogP contribution in [-0.2, 0) is 0 Å². The van der Waals surface area contributed by atoms with Crippen molar-refractivity contribution in [1.29, 1.82) is 0 Å². The van der Waals surface area contributed by atoms with Crippen molar-refractivity contribution in [2.45, 2.75) is 12.8 Å². The number of hydrogen-bond acceptors (Lipinski definition) is 2. The van der Waals surface area contributed by atoms with E-state index in [0.717, 1.165) is 16.8 Å². The molecule has 4 heteroatoms. The zero-order valence-electron chi connectivity index (χ0n) is 11.9. The van der Waals surface area contributed by atoms with Crippen LogP contribution in [0.3, 0.4) is 0 Å². The van der Waals surface area contributed by atoms with E-state index in [9.17, 15) is 4.79 Å². The molecule has 3 rings (SSSR count). The fourth-order valence-electron chi connectivity index (χ4n) is 2.57. The van der Waals surface area contributed by atoms with E-state index in [4.69, 9.17) is 5.73 Å². The number of carbonyl (C=O) groups excluding carboxylic acids is 1. The minimum Gasteiger partial charge on any atom is -0.350 e. The second-order valence-electron chi connectivity index (χ2n) is 5.23. The lowest BCUT2D eigenvalue weighted by Crippen LogP contribution is -2.30. The number of hydrazone groups is 1. The van der Waals surface area contributed by atoms with Gasteiger partial charge < -0.3 is 5.73 Å². The van der Waals surface area contributed by atoms with Crippen LogP contribution in [0, 0.1) is 6.92 Å². The number of benzene rings is 2. The summed E-state index contributed by atoms with van der Waals surface area (Å²) < 4.78 is 0. The van der Waals surface area contributed by atoms with Crippen molar-refractivity contribution in [3.8, 4) is 0 Å². The van der Waals surface area contributed by atoms with Gasteiger partial charge in [-0.1, -0.05) is 60.2 Å². The molecule has 1 aliphatic rings. The number of rotatable bonds is 2. The summed E-state index contributed by atoms with van der Waals surface area (Å²) >= 11 is 0. The molecule has 4 nitrogen and oxygen atoms in total. The van der Waals surface area contributed by atoms with Gasteiger partial charge in [0.1, 0.15) is 0 Å². The van der Waals surface area contributed by atoms with E-state index in [1.165, 1.54) is 10.6 Å². The van der Waals surface area contributed by atoms with E-state index in [1.54, 1.807) is 0 Å². The molecule has 2 amide bonds. The normalized spacial score (nSPS) is 17.7. The number of urea groups is 1. The zero-order valence-corrected chi connectivity index (χ0v) is 11.9. The monoisotopic (exact) mass is 279 g/mol. The Balaban J connectivity index is 2.01. The van der Waals surface area contributed by atoms with Crippen LogP contribution in [0.5, 0.6) is 0 Å². The van der Waals surface area contributed by atoms with Gasteiger partial charge in [-0.15, -0.1) is 0 Å². The van der Waals surface area contributed by atoms with Gasteiger partial charge >= 0.3 is 6.03 Å². The average molecular weight is 279 g/mol. The summed E-state index contributed by atoms with van der Waals surface area (Å²) in [6.45, 7) is 2.53. The molecule has 0 saturated carbocycles. The predicted molar refractivity (Wildman–Crippen MR) is 83.2 cm³/mol. The van der Waals surface area contributed by atoms with Gasteiger partial charge in [-0.05, 0) is 18.1 Å². The van der Waals surface area contributed by atoms with Crippen LogP contribution >= 0.6 is 0 Å². The molecule has 21 heavy (non-hydrogen) atoms. The third-order valence-corrected chi connectivity index (χ3v) is 3.72. The third kappa shape index (κ3) is 2.65. The van der Waals surface area contributed by atoms with Gasteiger partial charge in [0.05, 0.1) is 12.3 Å². The van der Waals surface area contributed by atoms with Crippen LogP contribution < -0.4 is 5.73 Å². The lowest BCUT2D eigenvalue weighted by Gasteiger charge is -2.14. The molecule has 0 radical (unpaired) electrons. The van der Waals surface area contributed by atoms with Gasteiger partial charge in [-0.3, -0.25) is 0 Å². The van der Waals surface area contributed by atoms with Crippen LogP contribution in [0.4, 0.5) is 4.79 Å². The van der Waals surface area contributed by atoms with E-state index in [0.29, 0.717) is 6.54 Å². The maximum absolute atomic E-state index is 11.5. The number of nitrogens with zero attached hydrogens (tertiary/aromatic N) is 2. The molecule has 0 spiro atoms. The van der Waals surface area contributed by atoms with Gasteiger partial charge in [0, 0.05) is 5.92 Å². The quantitative estimate of drug-likeness (QED) is 0.902. The summed E-state index contributed by atoms with van der Waals surface area (Å²) in [4.78, 5) is 11.5. The Kier molecular flexibility index (Phi) is 3.44. The Labute approximate surface area is 123 Å². The number of nitrogens with two attached hydrogens (primary N) is 1. The summed E-state index contributed by atoms with van der Waals surface area (Å²) in [5, 5.41) is 5.76. The molecule has 1 aliphatic heterocycles. The lowest BCUT2D eigenvalue weighted by atomic mass is 9.90. The zero-order chi connectivity index (χ0) is 14.8. The number of primary amides is 1. The second-order valence-corrected chi connectivity index (χ2v) is 5.23. The maximum atomic E-state index is 11.5. The Morgan fingerprint density at radius 3 is 2.43 bits per heavy atom. The van der Waals surface area contributed by atoms with Crippen LogP contribution in [0.25, 0.3) is 0 Å². The molecular weight excluding hydrogens is 262 g/mol. The summed E-state index contributed by atoms with van der Waals surface area (Å²) in [6.07, 6.45) is 0.